The highest BCUT2D eigenvalue weighted by atomic mass is 32.2. The molecule has 2 aliphatic heterocycles. The Morgan fingerprint density at radius 2 is 1.77 bits per heavy atom. The number of imide groups is 1. The predicted octanol–water partition coefficient (Wildman–Crippen LogP) is 1.54. The van der Waals surface area contributed by atoms with Crippen molar-refractivity contribution >= 4 is 38.7 Å². The highest BCUT2D eigenvalue weighted by molar-refractivity contribution is 8.14. The first-order chi connectivity index (χ1) is 12.4. The minimum atomic E-state index is -3.48. The normalized spacial score (nSPS) is 19.2. The first-order valence-corrected chi connectivity index (χ1v) is 11.1. The zero-order chi connectivity index (χ0) is 18.7. The number of benzene rings is 1. The molecule has 0 aliphatic carbocycles. The van der Waals surface area contributed by atoms with E-state index in [9.17, 15) is 22.8 Å². The summed E-state index contributed by atoms with van der Waals surface area (Å²) in [6, 6.07) is 7.92. The average molecular weight is 396 g/mol. The predicted molar refractivity (Wildman–Crippen MR) is 97.4 cm³/mol. The lowest BCUT2D eigenvalue weighted by molar-refractivity contribution is -0.133. The number of rotatable bonds is 5. The molecule has 140 valence electrons. The van der Waals surface area contributed by atoms with E-state index in [-0.39, 0.29) is 45.9 Å². The highest BCUT2D eigenvalue weighted by Gasteiger charge is 2.37. The molecule has 0 saturated carbocycles. The number of hydrogen-bond donors (Lipinski definition) is 0. The lowest BCUT2D eigenvalue weighted by atomic mass is 10.0. The SMILES string of the molecule is O=C(CCS(=O)(=O)c1ccccc1)N1CCC(N2C(=O)CSC2=O)CC1. The van der Waals surface area contributed by atoms with Crippen molar-refractivity contribution in [1.29, 1.82) is 0 Å². The summed E-state index contributed by atoms with van der Waals surface area (Å²) < 4.78 is 24.5. The Hall–Kier alpha value is -1.87. The van der Waals surface area contributed by atoms with E-state index in [1.807, 2.05) is 0 Å². The molecule has 2 fully saturated rings. The molecule has 0 aromatic heterocycles. The van der Waals surface area contributed by atoms with E-state index < -0.39 is 9.84 Å². The Bertz CT molecular complexity index is 786. The van der Waals surface area contributed by atoms with Gasteiger partial charge in [0, 0.05) is 25.6 Å². The molecule has 0 bridgehead atoms. The fraction of sp³-hybridized carbons (Fsp3) is 0.471. The molecule has 0 radical (unpaired) electrons. The zero-order valence-corrected chi connectivity index (χ0v) is 15.8. The molecule has 26 heavy (non-hydrogen) atoms. The Kier molecular flexibility index (Phi) is 5.67. The Morgan fingerprint density at radius 3 is 2.35 bits per heavy atom. The van der Waals surface area contributed by atoms with Crippen LogP contribution in [0.15, 0.2) is 35.2 Å². The minimum Gasteiger partial charge on any atom is -0.343 e. The number of hydrogen-bond acceptors (Lipinski definition) is 6. The van der Waals surface area contributed by atoms with Gasteiger partial charge in [-0.1, -0.05) is 30.0 Å². The second-order valence-electron chi connectivity index (χ2n) is 6.31. The van der Waals surface area contributed by atoms with Crippen LogP contribution >= 0.6 is 11.8 Å². The number of thioether (sulfide) groups is 1. The van der Waals surface area contributed by atoms with Crippen molar-refractivity contribution in [3.05, 3.63) is 30.3 Å². The molecule has 0 unspecified atom stereocenters. The molecule has 2 heterocycles. The summed E-state index contributed by atoms with van der Waals surface area (Å²) in [4.78, 5) is 39.0. The van der Waals surface area contributed by atoms with Crippen LogP contribution in [-0.2, 0) is 19.4 Å². The van der Waals surface area contributed by atoms with Gasteiger partial charge in [0.2, 0.25) is 11.8 Å². The summed E-state index contributed by atoms with van der Waals surface area (Å²) in [5.74, 6) is -0.416. The maximum atomic E-state index is 12.3. The highest BCUT2D eigenvalue weighted by Crippen LogP contribution is 2.27. The van der Waals surface area contributed by atoms with Gasteiger partial charge in [0.1, 0.15) is 0 Å². The largest absolute Gasteiger partial charge is 0.343 e. The fourth-order valence-electron chi connectivity index (χ4n) is 3.22. The van der Waals surface area contributed by atoms with Crippen molar-refractivity contribution in [1.82, 2.24) is 9.80 Å². The first-order valence-electron chi connectivity index (χ1n) is 8.43. The third kappa shape index (κ3) is 4.09. The van der Waals surface area contributed by atoms with Gasteiger partial charge in [-0.3, -0.25) is 19.3 Å². The molecule has 7 nitrogen and oxygen atoms in total. The standard InChI is InChI=1S/C17H20N2O5S2/c20-15(8-11-26(23,24)14-4-2-1-3-5-14)18-9-6-13(7-10-18)19-16(21)12-25-17(19)22/h1-5,13H,6-12H2. The van der Waals surface area contributed by atoms with Crippen LogP contribution in [0.5, 0.6) is 0 Å². The number of likely N-dealkylation sites (tertiary alicyclic amines) is 1. The van der Waals surface area contributed by atoms with Gasteiger partial charge in [0.05, 0.1) is 16.4 Å². The van der Waals surface area contributed by atoms with E-state index in [0.29, 0.717) is 25.9 Å². The van der Waals surface area contributed by atoms with Gasteiger partial charge in [0.25, 0.3) is 5.24 Å². The molecule has 1 aromatic rings. The summed E-state index contributed by atoms with van der Waals surface area (Å²) in [6.45, 7) is 0.854. The van der Waals surface area contributed by atoms with Crippen molar-refractivity contribution in [2.75, 3.05) is 24.6 Å². The molecule has 9 heteroatoms. The third-order valence-electron chi connectivity index (χ3n) is 4.65. The zero-order valence-electron chi connectivity index (χ0n) is 14.2. The quantitative estimate of drug-likeness (QED) is 0.750. The van der Waals surface area contributed by atoms with Gasteiger partial charge < -0.3 is 4.90 Å². The molecule has 2 aliphatic rings. The molecular weight excluding hydrogens is 376 g/mol. The van der Waals surface area contributed by atoms with E-state index in [1.54, 1.807) is 23.1 Å². The molecule has 3 rings (SSSR count). The lowest BCUT2D eigenvalue weighted by Crippen LogP contribution is -2.48. The van der Waals surface area contributed by atoms with E-state index in [4.69, 9.17) is 0 Å². The van der Waals surface area contributed by atoms with Gasteiger partial charge in [-0.2, -0.15) is 0 Å². The second-order valence-corrected chi connectivity index (χ2v) is 9.35. The molecular formula is C17H20N2O5S2. The maximum Gasteiger partial charge on any atom is 0.289 e. The second kappa shape index (κ2) is 7.79. The monoisotopic (exact) mass is 396 g/mol. The number of sulfone groups is 1. The van der Waals surface area contributed by atoms with Crippen LogP contribution < -0.4 is 0 Å². The van der Waals surface area contributed by atoms with Crippen LogP contribution in [0.1, 0.15) is 19.3 Å². The van der Waals surface area contributed by atoms with Crippen molar-refractivity contribution in [2.24, 2.45) is 0 Å². The summed E-state index contributed by atoms with van der Waals surface area (Å²) in [5, 5.41) is -0.214. The van der Waals surface area contributed by atoms with E-state index in [2.05, 4.69) is 0 Å². The summed E-state index contributed by atoms with van der Waals surface area (Å²) >= 11 is 1.01. The first kappa shape index (κ1) is 18.9. The average Bonchev–Trinajstić information content (AvgIpc) is 2.99. The number of amides is 3. The molecule has 0 N–H and O–H groups in total. The summed E-state index contributed by atoms with van der Waals surface area (Å²) in [7, 11) is -3.48. The van der Waals surface area contributed by atoms with Crippen molar-refractivity contribution < 1.29 is 22.8 Å². The van der Waals surface area contributed by atoms with E-state index in [0.717, 1.165) is 11.8 Å². The van der Waals surface area contributed by atoms with Gasteiger partial charge in [-0.15, -0.1) is 0 Å². The maximum absolute atomic E-state index is 12.3. The number of carbonyl (C=O) groups excluding carboxylic acids is 3. The summed E-state index contributed by atoms with van der Waals surface area (Å²) in [5.41, 5.74) is 0. The smallest absolute Gasteiger partial charge is 0.289 e. The van der Waals surface area contributed by atoms with Gasteiger partial charge >= 0.3 is 0 Å². The van der Waals surface area contributed by atoms with Crippen molar-refractivity contribution in [3.63, 3.8) is 0 Å². The Morgan fingerprint density at radius 1 is 1.12 bits per heavy atom. The van der Waals surface area contributed by atoms with Crippen LogP contribution in [0.2, 0.25) is 0 Å². The Balaban J connectivity index is 1.51. The van der Waals surface area contributed by atoms with Crippen molar-refractivity contribution in [2.45, 2.75) is 30.2 Å². The number of carbonyl (C=O) groups is 3. The molecule has 0 atom stereocenters. The molecule has 3 amide bonds. The van der Waals surface area contributed by atoms with Crippen LogP contribution in [0.25, 0.3) is 0 Å². The summed E-state index contributed by atoms with van der Waals surface area (Å²) in [6.07, 6.45) is 1.00. The van der Waals surface area contributed by atoms with Gasteiger partial charge in [-0.05, 0) is 25.0 Å². The Labute approximate surface area is 156 Å². The van der Waals surface area contributed by atoms with Crippen molar-refractivity contribution in [3.8, 4) is 0 Å². The van der Waals surface area contributed by atoms with Gasteiger partial charge in [0.15, 0.2) is 9.84 Å². The van der Waals surface area contributed by atoms with E-state index >= 15 is 0 Å². The minimum absolute atomic E-state index is 0.0701. The number of piperidine rings is 1. The van der Waals surface area contributed by atoms with Gasteiger partial charge in [-0.25, -0.2) is 8.42 Å². The topological polar surface area (TPSA) is 91.8 Å². The fourth-order valence-corrected chi connectivity index (χ4v) is 5.24. The molecule has 1 aromatic carbocycles. The van der Waals surface area contributed by atoms with Crippen LogP contribution in [0, 0.1) is 0 Å². The van der Waals surface area contributed by atoms with Crippen LogP contribution in [0.3, 0.4) is 0 Å². The van der Waals surface area contributed by atoms with Crippen LogP contribution in [0.4, 0.5) is 4.79 Å². The third-order valence-corrected chi connectivity index (χ3v) is 7.22. The van der Waals surface area contributed by atoms with E-state index in [1.165, 1.54) is 17.0 Å². The molecule has 2 saturated heterocycles. The molecule has 0 spiro atoms. The lowest BCUT2D eigenvalue weighted by Gasteiger charge is -2.35. The van der Waals surface area contributed by atoms with Crippen LogP contribution in [-0.4, -0.2) is 65.9 Å². The number of nitrogens with zero attached hydrogens (tertiary/aromatic N) is 2.